The van der Waals surface area contributed by atoms with Gasteiger partial charge >= 0.3 is 19.8 Å². The zero-order valence-corrected chi connectivity index (χ0v) is 40.1. The van der Waals surface area contributed by atoms with Crippen molar-refractivity contribution in [1.29, 1.82) is 0 Å². The molecule has 0 rings (SSSR count). The highest BCUT2D eigenvalue weighted by molar-refractivity contribution is 7.47. The molecular weight excluding hydrogens is 774 g/mol. The molecule has 0 aliphatic carbocycles. The molecule has 2 unspecified atom stereocenters. The molecule has 10 heteroatoms. The van der Waals surface area contributed by atoms with E-state index in [1.165, 1.54) is 167 Å². The number of allylic oxidation sites excluding steroid dienone is 4. The Morgan fingerprint density at radius 2 is 0.867 bits per heavy atom. The van der Waals surface area contributed by atoms with Crippen LogP contribution in [0.3, 0.4) is 0 Å². The second-order valence-electron chi connectivity index (χ2n) is 17.0. The van der Waals surface area contributed by atoms with Crippen molar-refractivity contribution in [3.63, 3.8) is 0 Å². The van der Waals surface area contributed by atoms with E-state index < -0.39 is 26.5 Å². The number of phosphoric ester groups is 1. The molecule has 0 spiro atoms. The molecule has 0 fully saturated rings. The minimum Gasteiger partial charge on any atom is -0.462 e. The number of ether oxygens (including phenoxy) is 2. The first kappa shape index (κ1) is 58.5. The summed E-state index contributed by atoms with van der Waals surface area (Å²) in [7, 11) is -4.38. The number of rotatable bonds is 48. The van der Waals surface area contributed by atoms with Gasteiger partial charge in [-0.1, -0.05) is 218 Å². The second-order valence-corrected chi connectivity index (χ2v) is 18.5. The van der Waals surface area contributed by atoms with Gasteiger partial charge in [0.15, 0.2) is 6.10 Å². The molecule has 60 heavy (non-hydrogen) atoms. The van der Waals surface area contributed by atoms with Crippen LogP contribution in [0.2, 0.25) is 0 Å². The molecule has 3 N–H and O–H groups in total. The van der Waals surface area contributed by atoms with E-state index in [0.29, 0.717) is 6.42 Å². The summed E-state index contributed by atoms with van der Waals surface area (Å²) >= 11 is 0. The van der Waals surface area contributed by atoms with Crippen LogP contribution >= 0.6 is 7.82 Å². The highest BCUT2D eigenvalue weighted by Crippen LogP contribution is 2.43. The van der Waals surface area contributed by atoms with Gasteiger partial charge in [-0.15, -0.1) is 0 Å². The number of phosphoric acid groups is 1. The standard InChI is InChI=1S/C50H96NO8P/c1-3-5-7-9-11-13-15-17-19-21-23-24-25-27-28-30-32-34-36-38-40-42-49(52)56-46-48(47-58-60(54,55)57-45-44-51)59-50(53)43-41-39-37-35-33-31-29-26-22-20-18-16-14-12-10-8-6-4-2/h14,16,20,22,48H,3-13,15,17-19,21,23-47,51H2,1-2H3,(H,54,55)/b16-14-,22-20-. The summed E-state index contributed by atoms with van der Waals surface area (Å²) in [4.78, 5) is 35.0. The summed E-state index contributed by atoms with van der Waals surface area (Å²) < 4.78 is 32.9. The third kappa shape index (κ3) is 46.0. The molecule has 0 aliphatic rings. The summed E-state index contributed by atoms with van der Waals surface area (Å²) in [5, 5.41) is 0. The minimum atomic E-state index is -4.38. The number of hydrogen-bond donors (Lipinski definition) is 2. The van der Waals surface area contributed by atoms with Crippen LogP contribution in [0.4, 0.5) is 0 Å². The maximum Gasteiger partial charge on any atom is 0.472 e. The third-order valence-corrected chi connectivity index (χ3v) is 12.1. The van der Waals surface area contributed by atoms with Gasteiger partial charge in [-0.3, -0.25) is 18.6 Å². The fraction of sp³-hybridized carbons (Fsp3) is 0.880. The molecule has 0 bridgehead atoms. The Bertz CT molecular complexity index is 1040. The predicted octanol–water partition coefficient (Wildman–Crippen LogP) is 15.1. The SMILES string of the molecule is CCCCCC/C=C\C/C=C\CCCCCCCCCC(=O)OC(COC(=O)CCCCCCCCCCCCCCCCCCCCCCC)COP(=O)(O)OCCN. The van der Waals surface area contributed by atoms with Gasteiger partial charge in [-0.2, -0.15) is 0 Å². The van der Waals surface area contributed by atoms with Gasteiger partial charge in [0.25, 0.3) is 0 Å². The zero-order chi connectivity index (χ0) is 43.9. The number of unbranched alkanes of at least 4 members (excludes halogenated alkanes) is 31. The Balaban J connectivity index is 4.03. The van der Waals surface area contributed by atoms with E-state index in [2.05, 4.69) is 38.2 Å². The first-order valence-electron chi connectivity index (χ1n) is 25.3. The highest BCUT2D eigenvalue weighted by Gasteiger charge is 2.26. The van der Waals surface area contributed by atoms with Gasteiger partial charge in [0.2, 0.25) is 0 Å². The number of esters is 2. The Kier molecular flexibility index (Phi) is 45.8. The maximum atomic E-state index is 12.6. The first-order valence-corrected chi connectivity index (χ1v) is 26.8. The maximum absolute atomic E-state index is 12.6. The molecule has 0 radical (unpaired) electrons. The number of nitrogens with two attached hydrogens (primary N) is 1. The van der Waals surface area contributed by atoms with Crippen LogP contribution in [-0.2, 0) is 32.7 Å². The lowest BCUT2D eigenvalue weighted by Crippen LogP contribution is -2.29. The average Bonchev–Trinajstić information content (AvgIpc) is 3.24. The van der Waals surface area contributed by atoms with Crippen LogP contribution < -0.4 is 5.73 Å². The first-order chi connectivity index (χ1) is 29.3. The highest BCUT2D eigenvalue weighted by atomic mass is 31.2. The fourth-order valence-corrected chi connectivity index (χ4v) is 8.08. The molecule has 0 saturated carbocycles. The number of carbonyl (C=O) groups excluding carboxylic acids is 2. The summed E-state index contributed by atoms with van der Waals surface area (Å²) in [5.41, 5.74) is 5.36. The number of carbonyl (C=O) groups is 2. The Labute approximate surface area is 370 Å². The molecule has 0 saturated heterocycles. The summed E-state index contributed by atoms with van der Waals surface area (Å²) in [6.07, 6.45) is 52.1. The molecular formula is C50H96NO8P. The quantitative estimate of drug-likeness (QED) is 0.0265. The topological polar surface area (TPSA) is 134 Å². The van der Waals surface area contributed by atoms with Crippen molar-refractivity contribution in [1.82, 2.24) is 0 Å². The van der Waals surface area contributed by atoms with Crippen molar-refractivity contribution in [2.45, 2.75) is 258 Å². The van der Waals surface area contributed by atoms with Gasteiger partial charge < -0.3 is 20.1 Å². The van der Waals surface area contributed by atoms with Crippen LogP contribution in [-0.4, -0.2) is 49.3 Å². The predicted molar refractivity (Wildman–Crippen MR) is 252 cm³/mol. The average molecular weight is 870 g/mol. The molecule has 2 atom stereocenters. The second kappa shape index (κ2) is 47.0. The van der Waals surface area contributed by atoms with Gasteiger partial charge in [-0.05, 0) is 44.9 Å². The Morgan fingerprint density at radius 1 is 0.500 bits per heavy atom. The van der Waals surface area contributed by atoms with E-state index in [4.69, 9.17) is 24.3 Å². The fourth-order valence-electron chi connectivity index (χ4n) is 7.31. The molecule has 0 aliphatic heterocycles. The lowest BCUT2D eigenvalue weighted by Gasteiger charge is -2.19. The van der Waals surface area contributed by atoms with Crippen molar-refractivity contribution in [2.24, 2.45) is 5.73 Å². The number of hydrogen-bond acceptors (Lipinski definition) is 8. The van der Waals surface area contributed by atoms with E-state index in [1.807, 2.05) is 0 Å². The summed E-state index contributed by atoms with van der Waals surface area (Å²) in [6.45, 7) is 3.75. The van der Waals surface area contributed by atoms with Crippen LogP contribution in [0.15, 0.2) is 24.3 Å². The van der Waals surface area contributed by atoms with Gasteiger partial charge in [-0.25, -0.2) is 4.57 Å². The molecule has 0 aromatic heterocycles. The molecule has 0 heterocycles. The monoisotopic (exact) mass is 870 g/mol. The van der Waals surface area contributed by atoms with Crippen LogP contribution in [0.1, 0.15) is 251 Å². The van der Waals surface area contributed by atoms with E-state index in [1.54, 1.807) is 0 Å². The lowest BCUT2D eigenvalue weighted by atomic mass is 10.0. The molecule has 354 valence electrons. The zero-order valence-electron chi connectivity index (χ0n) is 39.2. The van der Waals surface area contributed by atoms with Gasteiger partial charge in [0, 0.05) is 19.4 Å². The van der Waals surface area contributed by atoms with Crippen molar-refractivity contribution in [3.8, 4) is 0 Å². The van der Waals surface area contributed by atoms with E-state index in [9.17, 15) is 19.0 Å². The molecule has 9 nitrogen and oxygen atoms in total. The van der Waals surface area contributed by atoms with Crippen LogP contribution in [0.5, 0.6) is 0 Å². The Hall–Kier alpha value is -1.51. The lowest BCUT2D eigenvalue weighted by molar-refractivity contribution is -0.161. The molecule has 0 aromatic rings. The Morgan fingerprint density at radius 3 is 1.28 bits per heavy atom. The normalized spacial score (nSPS) is 13.3. The van der Waals surface area contributed by atoms with E-state index in [-0.39, 0.29) is 38.6 Å². The largest absolute Gasteiger partial charge is 0.472 e. The van der Waals surface area contributed by atoms with Crippen molar-refractivity contribution in [2.75, 3.05) is 26.4 Å². The summed E-state index contributed by atoms with van der Waals surface area (Å²) in [5.74, 6) is -0.824. The van der Waals surface area contributed by atoms with E-state index >= 15 is 0 Å². The summed E-state index contributed by atoms with van der Waals surface area (Å²) in [6, 6.07) is 0. The van der Waals surface area contributed by atoms with Crippen molar-refractivity contribution in [3.05, 3.63) is 24.3 Å². The molecule has 0 amide bonds. The van der Waals surface area contributed by atoms with Gasteiger partial charge in [0.05, 0.1) is 13.2 Å². The van der Waals surface area contributed by atoms with E-state index in [0.717, 1.165) is 51.4 Å². The van der Waals surface area contributed by atoms with Crippen molar-refractivity contribution < 1.29 is 37.6 Å². The van der Waals surface area contributed by atoms with Crippen LogP contribution in [0, 0.1) is 0 Å². The smallest absolute Gasteiger partial charge is 0.462 e. The third-order valence-electron chi connectivity index (χ3n) is 11.1. The van der Waals surface area contributed by atoms with Gasteiger partial charge in [0.1, 0.15) is 6.61 Å². The molecule has 0 aromatic carbocycles. The van der Waals surface area contributed by atoms with Crippen LogP contribution in [0.25, 0.3) is 0 Å². The van der Waals surface area contributed by atoms with Crippen molar-refractivity contribution >= 4 is 19.8 Å². The minimum absolute atomic E-state index is 0.0538.